The molecule has 1 aliphatic heterocycles. The first kappa shape index (κ1) is 17.2. The zero-order valence-corrected chi connectivity index (χ0v) is 15.0. The minimum absolute atomic E-state index is 0.0820. The number of amides is 1. The molecule has 1 amide bonds. The molecule has 6 nitrogen and oxygen atoms in total. The van der Waals surface area contributed by atoms with Gasteiger partial charge in [-0.25, -0.2) is 4.39 Å². The molecule has 1 fully saturated rings. The smallest absolute Gasteiger partial charge is 0.258 e. The van der Waals surface area contributed by atoms with Crippen LogP contribution in [0.15, 0.2) is 47.0 Å². The fraction of sp³-hybridized carbons (Fsp3) is 0.250. The number of methoxy groups -OCH3 is 1. The van der Waals surface area contributed by atoms with Crippen molar-refractivity contribution in [2.45, 2.75) is 19.3 Å². The highest BCUT2D eigenvalue weighted by Gasteiger charge is 2.35. The summed E-state index contributed by atoms with van der Waals surface area (Å²) in [4.78, 5) is 18.5. The molecular weight excluding hydrogens is 349 g/mol. The second-order valence-corrected chi connectivity index (χ2v) is 6.53. The van der Waals surface area contributed by atoms with Crippen molar-refractivity contribution in [3.8, 4) is 17.2 Å². The van der Waals surface area contributed by atoms with Crippen LogP contribution in [0, 0.1) is 12.7 Å². The minimum Gasteiger partial charge on any atom is -0.497 e. The summed E-state index contributed by atoms with van der Waals surface area (Å²) in [6.07, 6.45) is 0.257. The van der Waals surface area contributed by atoms with E-state index in [1.807, 2.05) is 25.1 Å². The third kappa shape index (κ3) is 3.28. The molecule has 1 unspecified atom stereocenters. The third-order valence-corrected chi connectivity index (χ3v) is 4.71. The van der Waals surface area contributed by atoms with E-state index >= 15 is 0 Å². The van der Waals surface area contributed by atoms with E-state index in [1.54, 1.807) is 24.1 Å². The van der Waals surface area contributed by atoms with Gasteiger partial charge in [0, 0.05) is 30.1 Å². The average molecular weight is 367 g/mol. The molecule has 4 rings (SSSR count). The number of halogens is 1. The summed E-state index contributed by atoms with van der Waals surface area (Å²) in [5, 5.41) is 4.05. The second-order valence-electron chi connectivity index (χ2n) is 6.53. The van der Waals surface area contributed by atoms with Crippen LogP contribution in [0.4, 0.5) is 10.1 Å². The Bertz CT molecular complexity index is 1000. The van der Waals surface area contributed by atoms with E-state index in [4.69, 9.17) is 9.26 Å². The Morgan fingerprint density at radius 2 is 2.11 bits per heavy atom. The zero-order chi connectivity index (χ0) is 19.0. The molecule has 1 aromatic heterocycles. The van der Waals surface area contributed by atoms with Crippen molar-refractivity contribution in [2.24, 2.45) is 0 Å². The van der Waals surface area contributed by atoms with Crippen LogP contribution in [-0.2, 0) is 4.79 Å². The lowest BCUT2D eigenvalue weighted by Crippen LogP contribution is -2.25. The molecule has 0 N–H and O–H groups in total. The van der Waals surface area contributed by atoms with E-state index in [-0.39, 0.29) is 24.1 Å². The molecule has 0 spiro atoms. The first-order valence-electron chi connectivity index (χ1n) is 8.59. The summed E-state index contributed by atoms with van der Waals surface area (Å²) in [6.45, 7) is 2.24. The van der Waals surface area contributed by atoms with Gasteiger partial charge in [0.15, 0.2) is 5.82 Å². The molecule has 1 atom stereocenters. The molecule has 2 heterocycles. The Balaban J connectivity index is 1.58. The molecule has 0 saturated carbocycles. The maximum Gasteiger partial charge on any atom is 0.258 e. The van der Waals surface area contributed by atoms with Gasteiger partial charge in [-0.3, -0.25) is 4.79 Å². The third-order valence-electron chi connectivity index (χ3n) is 4.71. The van der Waals surface area contributed by atoms with Crippen LogP contribution in [0.3, 0.4) is 0 Å². The van der Waals surface area contributed by atoms with E-state index in [1.165, 1.54) is 12.1 Å². The largest absolute Gasteiger partial charge is 0.497 e. The maximum atomic E-state index is 13.6. The molecule has 138 valence electrons. The van der Waals surface area contributed by atoms with Crippen molar-refractivity contribution in [2.75, 3.05) is 18.6 Å². The average Bonchev–Trinajstić information content (AvgIpc) is 3.31. The SMILES string of the molecule is COc1cccc(-c2nc(C3CC(=O)N(c4cc(F)ccc4C)C3)no2)c1. The van der Waals surface area contributed by atoms with Crippen LogP contribution in [0.1, 0.15) is 23.7 Å². The molecule has 2 aromatic carbocycles. The van der Waals surface area contributed by atoms with Crippen molar-refractivity contribution >= 4 is 11.6 Å². The lowest BCUT2D eigenvalue weighted by molar-refractivity contribution is -0.117. The van der Waals surface area contributed by atoms with Gasteiger partial charge in [-0.15, -0.1) is 0 Å². The van der Waals surface area contributed by atoms with Gasteiger partial charge in [-0.05, 0) is 42.8 Å². The molecular formula is C20H18FN3O3. The van der Waals surface area contributed by atoms with Gasteiger partial charge in [0.05, 0.1) is 7.11 Å². The standard InChI is InChI=1S/C20H18FN3O3/c1-12-6-7-15(21)10-17(12)24-11-14(9-18(24)25)19-22-20(27-23-19)13-4-3-5-16(8-13)26-2/h3-8,10,14H,9,11H2,1-2H3. The van der Waals surface area contributed by atoms with Crippen LogP contribution in [0.5, 0.6) is 5.75 Å². The van der Waals surface area contributed by atoms with E-state index < -0.39 is 0 Å². The van der Waals surface area contributed by atoms with Crippen LogP contribution >= 0.6 is 0 Å². The molecule has 1 aliphatic rings. The maximum absolute atomic E-state index is 13.6. The van der Waals surface area contributed by atoms with Gasteiger partial charge < -0.3 is 14.2 Å². The second kappa shape index (κ2) is 6.83. The highest BCUT2D eigenvalue weighted by Crippen LogP contribution is 2.33. The van der Waals surface area contributed by atoms with Gasteiger partial charge in [0.1, 0.15) is 11.6 Å². The highest BCUT2D eigenvalue weighted by molar-refractivity contribution is 5.97. The molecule has 0 bridgehead atoms. The minimum atomic E-state index is -0.369. The van der Waals surface area contributed by atoms with Crippen molar-refractivity contribution in [1.82, 2.24) is 10.1 Å². The van der Waals surface area contributed by atoms with Gasteiger partial charge in [0.2, 0.25) is 5.91 Å². The van der Waals surface area contributed by atoms with Crippen LogP contribution in [0.25, 0.3) is 11.5 Å². The predicted molar refractivity (Wildman–Crippen MR) is 97.1 cm³/mol. The Morgan fingerprint density at radius 1 is 1.26 bits per heavy atom. The summed E-state index contributed by atoms with van der Waals surface area (Å²) in [5.74, 6) is 0.877. The molecule has 0 aliphatic carbocycles. The number of hydrogen-bond donors (Lipinski definition) is 0. The normalized spacial score (nSPS) is 16.8. The van der Waals surface area contributed by atoms with Crippen molar-refractivity contribution in [3.63, 3.8) is 0 Å². The lowest BCUT2D eigenvalue weighted by Gasteiger charge is -2.18. The summed E-state index contributed by atoms with van der Waals surface area (Å²) in [7, 11) is 1.59. The Hall–Kier alpha value is -3.22. The fourth-order valence-corrected chi connectivity index (χ4v) is 3.26. The van der Waals surface area contributed by atoms with E-state index in [0.717, 1.165) is 11.1 Å². The van der Waals surface area contributed by atoms with Crippen LogP contribution in [-0.4, -0.2) is 29.7 Å². The summed E-state index contributed by atoms with van der Waals surface area (Å²) in [6, 6.07) is 11.8. The zero-order valence-electron chi connectivity index (χ0n) is 15.0. The van der Waals surface area contributed by atoms with Gasteiger partial charge >= 0.3 is 0 Å². The first-order chi connectivity index (χ1) is 13.0. The molecule has 1 saturated heterocycles. The lowest BCUT2D eigenvalue weighted by atomic mass is 10.1. The van der Waals surface area contributed by atoms with E-state index in [2.05, 4.69) is 10.1 Å². The van der Waals surface area contributed by atoms with Crippen molar-refractivity contribution in [3.05, 3.63) is 59.7 Å². The first-order valence-corrected chi connectivity index (χ1v) is 8.59. The Morgan fingerprint density at radius 3 is 2.93 bits per heavy atom. The Labute approximate surface area is 155 Å². The van der Waals surface area contributed by atoms with Crippen molar-refractivity contribution in [1.29, 1.82) is 0 Å². The molecule has 0 radical (unpaired) electrons. The number of benzene rings is 2. The molecule has 27 heavy (non-hydrogen) atoms. The quantitative estimate of drug-likeness (QED) is 0.703. The molecule has 7 heteroatoms. The summed E-state index contributed by atoms with van der Waals surface area (Å²) >= 11 is 0. The highest BCUT2D eigenvalue weighted by atomic mass is 19.1. The fourth-order valence-electron chi connectivity index (χ4n) is 3.26. The van der Waals surface area contributed by atoms with Crippen molar-refractivity contribution < 1.29 is 18.4 Å². The van der Waals surface area contributed by atoms with Crippen LogP contribution in [0.2, 0.25) is 0 Å². The number of carbonyl (C=O) groups is 1. The van der Waals surface area contributed by atoms with Gasteiger partial charge in [0.25, 0.3) is 5.89 Å². The van der Waals surface area contributed by atoms with E-state index in [9.17, 15) is 9.18 Å². The predicted octanol–water partition coefficient (Wildman–Crippen LogP) is 3.71. The van der Waals surface area contributed by atoms with E-state index in [0.29, 0.717) is 29.7 Å². The number of hydrogen-bond acceptors (Lipinski definition) is 5. The number of carbonyl (C=O) groups excluding carboxylic acids is 1. The number of ether oxygens (including phenoxy) is 1. The number of nitrogens with zero attached hydrogens (tertiary/aromatic N) is 3. The van der Waals surface area contributed by atoms with Gasteiger partial charge in [-0.1, -0.05) is 17.3 Å². The Kier molecular flexibility index (Phi) is 4.35. The van der Waals surface area contributed by atoms with Crippen LogP contribution < -0.4 is 9.64 Å². The topological polar surface area (TPSA) is 68.5 Å². The monoisotopic (exact) mass is 367 g/mol. The number of aromatic nitrogens is 2. The summed E-state index contributed by atoms with van der Waals surface area (Å²) < 4.78 is 24.2. The number of anilines is 1. The molecule has 3 aromatic rings. The number of aryl methyl sites for hydroxylation is 1. The summed E-state index contributed by atoms with van der Waals surface area (Å²) in [5.41, 5.74) is 2.17. The number of rotatable bonds is 4. The van der Waals surface area contributed by atoms with Gasteiger partial charge in [-0.2, -0.15) is 4.98 Å².